The largest absolute Gasteiger partial charge is 0.297 e. The number of benzene rings is 3. The minimum atomic E-state index is -0.490. The van der Waals surface area contributed by atoms with Gasteiger partial charge >= 0.3 is 0 Å². The fraction of sp³-hybridized carbons (Fsp3) is 0.200. The summed E-state index contributed by atoms with van der Waals surface area (Å²) in [4.78, 5) is 17.3. The standard InChI is InChI=1S/C25H21NOS3/c1-14-12-19-20(13-15(14)2)26(25(3,4)22-21(19)24(28)30-29-22)23(27)18-11-7-9-16-8-5-6-10-17(16)18/h5-13H,1-4H3. The monoisotopic (exact) mass is 447 g/mol. The molecule has 3 aromatic carbocycles. The number of carbonyl (C=O) groups is 1. The van der Waals surface area contributed by atoms with E-state index in [1.165, 1.54) is 16.0 Å². The van der Waals surface area contributed by atoms with Gasteiger partial charge in [0.2, 0.25) is 0 Å². The summed E-state index contributed by atoms with van der Waals surface area (Å²) in [6, 6.07) is 18.4. The van der Waals surface area contributed by atoms with E-state index in [-0.39, 0.29) is 5.91 Å². The van der Waals surface area contributed by atoms with Crippen LogP contribution in [-0.4, -0.2) is 5.91 Å². The molecule has 30 heavy (non-hydrogen) atoms. The first-order valence-corrected chi connectivity index (χ1v) is 12.4. The Bertz CT molecular complexity index is 1390. The van der Waals surface area contributed by atoms with Crippen LogP contribution in [0.4, 0.5) is 5.69 Å². The fourth-order valence-corrected chi connectivity index (χ4v) is 7.66. The zero-order chi connectivity index (χ0) is 21.2. The molecular weight excluding hydrogens is 426 g/mol. The van der Waals surface area contributed by atoms with Gasteiger partial charge in [0.15, 0.2) is 0 Å². The SMILES string of the molecule is Cc1cc2c(cc1C)N(C(=O)c1cccc3ccccc13)C(C)(C)c1ssc(=S)c1-2. The molecule has 1 amide bonds. The lowest BCUT2D eigenvalue weighted by molar-refractivity contribution is 0.0963. The number of hydrogen-bond acceptors (Lipinski definition) is 4. The first-order chi connectivity index (χ1) is 14.3. The highest BCUT2D eigenvalue weighted by Crippen LogP contribution is 2.53. The normalized spacial score (nSPS) is 14.5. The Morgan fingerprint density at radius 2 is 1.67 bits per heavy atom. The molecule has 4 aromatic rings. The van der Waals surface area contributed by atoms with Crippen LogP contribution >= 0.6 is 32.9 Å². The lowest BCUT2D eigenvalue weighted by Crippen LogP contribution is -2.48. The van der Waals surface area contributed by atoms with Gasteiger partial charge in [-0.2, -0.15) is 0 Å². The maximum Gasteiger partial charge on any atom is 0.259 e. The summed E-state index contributed by atoms with van der Waals surface area (Å²) < 4.78 is 0.907. The molecule has 5 heteroatoms. The molecule has 0 saturated carbocycles. The van der Waals surface area contributed by atoms with Gasteiger partial charge < -0.3 is 0 Å². The second-order valence-corrected chi connectivity index (χ2v) is 11.2. The van der Waals surface area contributed by atoms with Crippen LogP contribution in [0.5, 0.6) is 0 Å². The van der Waals surface area contributed by atoms with Gasteiger partial charge in [0, 0.05) is 16.7 Å². The molecule has 1 aliphatic heterocycles. The van der Waals surface area contributed by atoms with Crippen LogP contribution in [-0.2, 0) is 5.54 Å². The number of amides is 1. The average Bonchev–Trinajstić information content (AvgIpc) is 3.12. The van der Waals surface area contributed by atoms with Gasteiger partial charge in [-0.1, -0.05) is 69.3 Å². The Labute approximate surface area is 188 Å². The molecule has 0 unspecified atom stereocenters. The van der Waals surface area contributed by atoms with Crippen molar-refractivity contribution in [2.75, 3.05) is 4.90 Å². The predicted octanol–water partition coefficient (Wildman–Crippen LogP) is 7.87. The second kappa shape index (κ2) is 6.84. The molecule has 2 nitrogen and oxygen atoms in total. The number of hydrogen-bond donors (Lipinski definition) is 0. The van der Waals surface area contributed by atoms with E-state index in [0.717, 1.165) is 37.0 Å². The first-order valence-electron chi connectivity index (χ1n) is 9.88. The molecule has 0 N–H and O–H groups in total. The number of aryl methyl sites for hydroxylation is 2. The number of fused-ring (bicyclic) bond motifs is 4. The van der Waals surface area contributed by atoms with Gasteiger partial charge in [-0.15, -0.1) is 0 Å². The van der Waals surface area contributed by atoms with Gasteiger partial charge in [0.25, 0.3) is 5.91 Å². The number of anilines is 1. The van der Waals surface area contributed by atoms with Crippen LogP contribution < -0.4 is 4.90 Å². The van der Waals surface area contributed by atoms with Crippen molar-refractivity contribution in [3.63, 3.8) is 0 Å². The van der Waals surface area contributed by atoms with Crippen LogP contribution in [0.1, 0.15) is 40.2 Å². The maximum absolute atomic E-state index is 14.1. The molecule has 150 valence electrons. The third kappa shape index (κ3) is 2.73. The minimum absolute atomic E-state index is 0.0243. The molecule has 0 saturated heterocycles. The number of carbonyl (C=O) groups excluding carboxylic acids is 1. The lowest BCUT2D eigenvalue weighted by atomic mass is 9.85. The van der Waals surface area contributed by atoms with Gasteiger partial charge in [-0.05, 0) is 67.8 Å². The first kappa shape index (κ1) is 19.6. The Morgan fingerprint density at radius 3 is 2.47 bits per heavy atom. The van der Waals surface area contributed by atoms with Gasteiger partial charge in [-0.25, -0.2) is 0 Å². The lowest BCUT2D eigenvalue weighted by Gasteiger charge is -2.43. The van der Waals surface area contributed by atoms with E-state index in [1.54, 1.807) is 20.7 Å². The Kier molecular flexibility index (Phi) is 4.47. The predicted molar refractivity (Wildman–Crippen MR) is 132 cm³/mol. The van der Waals surface area contributed by atoms with E-state index in [2.05, 4.69) is 52.0 Å². The van der Waals surface area contributed by atoms with Crippen LogP contribution in [0.2, 0.25) is 0 Å². The van der Waals surface area contributed by atoms with E-state index in [1.807, 2.05) is 35.2 Å². The van der Waals surface area contributed by atoms with Crippen LogP contribution in [0.15, 0.2) is 54.6 Å². The van der Waals surface area contributed by atoms with Crippen LogP contribution in [0, 0.1) is 17.7 Å². The second-order valence-electron chi connectivity index (χ2n) is 8.34. The average molecular weight is 448 g/mol. The molecule has 2 heterocycles. The molecule has 0 fully saturated rings. The molecule has 0 bridgehead atoms. The Balaban J connectivity index is 1.81. The summed E-state index contributed by atoms with van der Waals surface area (Å²) >= 11 is 5.71. The number of rotatable bonds is 1. The third-order valence-corrected chi connectivity index (χ3v) is 9.42. The van der Waals surface area contributed by atoms with Crippen molar-refractivity contribution in [2.45, 2.75) is 33.2 Å². The summed E-state index contributed by atoms with van der Waals surface area (Å²) in [6.45, 7) is 8.48. The summed E-state index contributed by atoms with van der Waals surface area (Å²) in [6.07, 6.45) is 0. The fourth-order valence-electron chi connectivity index (χ4n) is 4.38. The van der Waals surface area contributed by atoms with Gasteiger partial charge in [0.05, 0.1) is 16.1 Å². The summed E-state index contributed by atoms with van der Waals surface area (Å²) in [5.41, 5.74) is 5.78. The molecule has 0 atom stereocenters. The van der Waals surface area contributed by atoms with Crippen LogP contribution in [0.25, 0.3) is 21.9 Å². The highest BCUT2D eigenvalue weighted by atomic mass is 32.9. The Morgan fingerprint density at radius 1 is 0.967 bits per heavy atom. The highest BCUT2D eigenvalue weighted by molar-refractivity contribution is 7.80. The van der Waals surface area contributed by atoms with E-state index in [4.69, 9.17) is 12.2 Å². The molecule has 1 aliphatic rings. The van der Waals surface area contributed by atoms with Crippen molar-refractivity contribution in [1.29, 1.82) is 0 Å². The zero-order valence-electron chi connectivity index (χ0n) is 17.3. The molecule has 0 radical (unpaired) electrons. The number of nitrogens with zero attached hydrogens (tertiary/aromatic N) is 1. The van der Waals surface area contributed by atoms with Crippen molar-refractivity contribution in [2.24, 2.45) is 0 Å². The maximum atomic E-state index is 14.1. The van der Waals surface area contributed by atoms with E-state index in [9.17, 15) is 4.79 Å². The van der Waals surface area contributed by atoms with Crippen molar-refractivity contribution >= 4 is 55.3 Å². The molecule has 0 aliphatic carbocycles. The van der Waals surface area contributed by atoms with Crippen LogP contribution in [0.3, 0.4) is 0 Å². The van der Waals surface area contributed by atoms with Gasteiger partial charge in [0.1, 0.15) is 3.82 Å². The minimum Gasteiger partial charge on any atom is -0.297 e. The molecule has 0 spiro atoms. The smallest absolute Gasteiger partial charge is 0.259 e. The summed E-state index contributed by atoms with van der Waals surface area (Å²) in [5.74, 6) is 0.0243. The van der Waals surface area contributed by atoms with E-state index in [0.29, 0.717) is 0 Å². The topological polar surface area (TPSA) is 20.3 Å². The highest BCUT2D eigenvalue weighted by Gasteiger charge is 2.43. The van der Waals surface area contributed by atoms with Crippen molar-refractivity contribution in [1.82, 2.24) is 0 Å². The van der Waals surface area contributed by atoms with E-state index >= 15 is 0 Å². The van der Waals surface area contributed by atoms with Crippen molar-refractivity contribution in [3.05, 3.63) is 80.0 Å². The summed E-state index contributed by atoms with van der Waals surface area (Å²) in [5, 5.41) is 2.06. The van der Waals surface area contributed by atoms with Crippen molar-refractivity contribution in [3.8, 4) is 11.1 Å². The molecule has 1 aromatic heterocycles. The summed E-state index contributed by atoms with van der Waals surface area (Å²) in [7, 11) is 3.32. The molecule has 5 rings (SSSR count). The third-order valence-electron chi connectivity index (χ3n) is 6.09. The van der Waals surface area contributed by atoms with Gasteiger partial charge in [-0.3, -0.25) is 9.69 Å². The molecular formula is C25H21NOS3. The van der Waals surface area contributed by atoms with E-state index < -0.39 is 5.54 Å². The van der Waals surface area contributed by atoms with Crippen molar-refractivity contribution < 1.29 is 4.79 Å². The zero-order valence-corrected chi connectivity index (χ0v) is 19.7. The quantitative estimate of drug-likeness (QED) is 0.218. The Hall–Kier alpha value is -2.34.